The highest BCUT2D eigenvalue weighted by Gasteiger charge is 2.24. The third kappa shape index (κ3) is 4.44. The number of aromatic nitrogens is 2. The van der Waals surface area contributed by atoms with Crippen LogP contribution in [-0.2, 0) is 9.84 Å². The lowest BCUT2D eigenvalue weighted by Crippen LogP contribution is -2.19. The second-order valence-electron chi connectivity index (χ2n) is 6.90. The zero-order valence-corrected chi connectivity index (χ0v) is 20.1. The Morgan fingerprint density at radius 3 is 2.41 bits per heavy atom. The maximum Gasteiger partial charge on any atom is 0.269 e. The standard InChI is InChI=1S/C24H16BrN3O5S/c1-32-20-6-2-3-7-21(20)33-23-19(24(29)28-13-5-4-8-22(28)27-23)14-18(15-26)34(30,31)17-11-9-16(25)10-12-17/h2-14H,1H3/b18-14+. The van der Waals surface area contributed by atoms with Crippen molar-refractivity contribution < 1.29 is 17.9 Å². The van der Waals surface area contributed by atoms with Gasteiger partial charge in [0.25, 0.3) is 5.56 Å². The van der Waals surface area contributed by atoms with Crippen LogP contribution in [-0.4, -0.2) is 24.9 Å². The van der Waals surface area contributed by atoms with Gasteiger partial charge in [-0.3, -0.25) is 9.20 Å². The van der Waals surface area contributed by atoms with Crippen LogP contribution in [0.5, 0.6) is 17.4 Å². The molecular weight excluding hydrogens is 522 g/mol. The molecule has 0 aliphatic carbocycles. The summed E-state index contributed by atoms with van der Waals surface area (Å²) in [5.41, 5.74) is -0.523. The summed E-state index contributed by atoms with van der Waals surface area (Å²) in [6.45, 7) is 0. The molecule has 8 nitrogen and oxygen atoms in total. The number of para-hydroxylation sites is 2. The van der Waals surface area contributed by atoms with E-state index >= 15 is 0 Å². The van der Waals surface area contributed by atoms with E-state index in [9.17, 15) is 18.5 Å². The van der Waals surface area contributed by atoms with E-state index in [2.05, 4.69) is 20.9 Å². The van der Waals surface area contributed by atoms with E-state index in [4.69, 9.17) is 9.47 Å². The van der Waals surface area contributed by atoms with Gasteiger partial charge in [-0.15, -0.1) is 0 Å². The molecule has 10 heteroatoms. The fraction of sp³-hybridized carbons (Fsp3) is 0.0417. The summed E-state index contributed by atoms with van der Waals surface area (Å²) in [5.74, 6) is 0.482. The zero-order chi connectivity index (χ0) is 24.3. The molecule has 0 aliphatic rings. The summed E-state index contributed by atoms with van der Waals surface area (Å²) in [7, 11) is -2.75. The summed E-state index contributed by atoms with van der Waals surface area (Å²) in [5, 5.41) is 9.71. The number of hydrogen-bond acceptors (Lipinski definition) is 7. The van der Waals surface area contributed by atoms with E-state index < -0.39 is 20.3 Å². The van der Waals surface area contributed by atoms with Gasteiger partial charge in [-0.05, 0) is 54.6 Å². The second-order valence-corrected chi connectivity index (χ2v) is 9.73. The molecule has 4 rings (SSSR count). The first kappa shape index (κ1) is 23.2. The van der Waals surface area contributed by atoms with Gasteiger partial charge in [-0.2, -0.15) is 10.2 Å². The molecule has 2 aromatic heterocycles. The van der Waals surface area contributed by atoms with Gasteiger partial charge in [-0.1, -0.05) is 34.1 Å². The topological polar surface area (TPSA) is 111 Å². The number of benzene rings is 2. The Hall–Kier alpha value is -3.94. The number of rotatable bonds is 6. The molecule has 0 atom stereocenters. The minimum Gasteiger partial charge on any atom is -0.493 e. The highest BCUT2D eigenvalue weighted by Crippen LogP contribution is 2.32. The van der Waals surface area contributed by atoms with Crippen molar-refractivity contribution >= 4 is 37.5 Å². The molecule has 0 aliphatic heterocycles. The Morgan fingerprint density at radius 2 is 1.74 bits per heavy atom. The molecule has 0 saturated heterocycles. The SMILES string of the molecule is COc1ccccc1Oc1nc2ccccn2c(=O)c1/C=C(\C#N)S(=O)(=O)c1ccc(Br)cc1. The highest BCUT2D eigenvalue weighted by atomic mass is 79.9. The number of nitriles is 1. The Labute approximate surface area is 203 Å². The van der Waals surface area contributed by atoms with Crippen molar-refractivity contribution in [1.29, 1.82) is 5.26 Å². The van der Waals surface area contributed by atoms with Crippen LogP contribution in [0.2, 0.25) is 0 Å². The summed E-state index contributed by atoms with van der Waals surface area (Å²) in [6.07, 6.45) is 2.47. The minimum absolute atomic E-state index is 0.0930. The monoisotopic (exact) mass is 537 g/mol. The Bertz CT molecular complexity index is 1620. The molecule has 170 valence electrons. The van der Waals surface area contributed by atoms with Gasteiger partial charge in [0.1, 0.15) is 22.2 Å². The maximum absolute atomic E-state index is 13.3. The van der Waals surface area contributed by atoms with Crippen molar-refractivity contribution in [1.82, 2.24) is 9.38 Å². The first-order valence-electron chi connectivity index (χ1n) is 9.80. The molecule has 0 amide bonds. The lowest BCUT2D eigenvalue weighted by atomic mass is 10.2. The summed E-state index contributed by atoms with van der Waals surface area (Å²) in [6, 6.07) is 19.2. The van der Waals surface area contributed by atoms with Crippen LogP contribution in [0.3, 0.4) is 0 Å². The smallest absolute Gasteiger partial charge is 0.269 e. The average molecular weight is 538 g/mol. The van der Waals surface area contributed by atoms with Gasteiger partial charge in [0.15, 0.2) is 11.5 Å². The molecule has 0 fully saturated rings. The molecule has 0 spiro atoms. The van der Waals surface area contributed by atoms with Crippen molar-refractivity contribution in [3.05, 3.63) is 98.2 Å². The molecule has 0 radical (unpaired) electrons. The minimum atomic E-state index is -4.22. The lowest BCUT2D eigenvalue weighted by Gasteiger charge is -2.12. The van der Waals surface area contributed by atoms with Gasteiger partial charge >= 0.3 is 0 Å². The van der Waals surface area contributed by atoms with Crippen molar-refractivity contribution in [2.45, 2.75) is 4.90 Å². The van der Waals surface area contributed by atoms with Gasteiger partial charge < -0.3 is 9.47 Å². The normalized spacial score (nSPS) is 11.7. The van der Waals surface area contributed by atoms with Gasteiger partial charge in [-0.25, -0.2) is 8.42 Å². The van der Waals surface area contributed by atoms with Crippen LogP contribution in [0.4, 0.5) is 0 Å². The van der Waals surface area contributed by atoms with Crippen molar-refractivity contribution in [3.63, 3.8) is 0 Å². The zero-order valence-electron chi connectivity index (χ0n) is 17.7. The summed E-state index contributed by atoms with van der Waals surface area (Å²) >= 11 is 3.25. The number of methoxy groups -OCH3 is 1. The predicted octanol–water partition coefficient (Wildman–Crippen LogP) is 4.60. The van der Waals surface area contributed by atoms with Crippen LogP contribution in [0.25, 0.3) is 11.7 Å². The molecule has 0 unspecified atom stereocenters. The van der Waals surface area contributed by atoms with Gasteiger partial charge in [0, 0.05) is 10.7 Å². The van der Waals surface area contributed by atoms with E-state index in [1.54, 1.807) is 60.7 Å². The molecule has 2 heterocycles. The molecule has 2 aromatic carbocycles. The molecule has 0 N–H and O–H groups in total. The van der Waals surface area contributed by atoms with Crippen LogP contribution in [0, 0.1) is 11.3 Å². The van der Waals surface area contributed by atoms with Crippen LogP contribution in [0.15, 0.2) is 92.0 Å². The number of nitrogens with zero attached hydrogens (tertiary/aromatic N) is 3. The third-order valence-electron chi connectivity index (χ3n) is 4.81. The van der Waals surface area contributed by atoms with Crippen molar-refractivity contribution in [2.24, 2.45) is 0 Å². The van der Waals surface area contributed by atoms with Crippen LogP contribution >= 0.6 is 15.9 Å². The van der Waals surface area contributed by atoms with Crippen molar-refractivity contribution in [3.8, 4) is 23.4 Å². The Morgan fingerprint density at radius 1 is 1.06 bits per heavy atom. The van der Waals surface area contributed by atoms with Crippen LogP contribution in [0.1, 0.15) is 5.56 Å². The highest BCUT2D eigenvalue weighted by molar-refractivity contribution is 9.10. The molecule has 4 aromatic rings. The largest absolute Gasteiger partial charge is 0.493 e. The number of ether oxygens (including phenoxy) is 2. The quantitative estimate of drug-likeness (QED) is 0.330. The third-order valence-corrected chi connectivity index (χ3v) is 7.02. The molecule has 0 saturated carbocycles. The Balaban J connectivity index is 1.94. The van der Waals surface area contributed by atoms with Crippen molar-refractivity contribution in [2.75, 3.05) is 7.11 Å². The van der Waals surface area contributed by atoms with E-state index in [0.717, 1.165) is 6.08 Å². The number of halogens is 1. The van der Waals surface area contributed by atoms with E-state index in [-0.39, 0.29) is 27.7 Å². The predicted molar refractivity (Wildman–Crippen MR) is 129 cm³/mol. The fourth-order valence-corrected chi connectivity index (χ4v) is 4.54. The molecular formula is C24H16BrN3O5S. The average Bonchev–Trinajstić information content (AvgIpc) is 2.84. The second kappa shape index (κ2) is 9.51. The van der Waals surface area contributed by atoms with Gasteiger partial charge in [0.2, 0.25) is 15.7 Å². The first-order valence-corrected chi connectivity index (χ1v) is 12.1. The van der Waals surface area contributed by atoms with E-state index in [0.29, 0.717) is 10.2 Å². The Kier molecular flexibility index (Phi) is 6.49. The van der Waals surface area contributed by atoms with Crippen LogP contribution < -0.4 is 15.0 Å². The fourth-order valence-electron chi connectivity index (χ4n) is 3.13. The van der Waals surface area contributed by atoms with E-state index in [1.165, 1.54) is 29.8 Å². The summed E-state index contributed by atoms with van der Waals surface area (Å²) in [4.78, 5) is 17.0. The first-order chi connectivity index (χ1) is 16.3. The number of sulfone groups is 1. The molecule has 34 heavy (non-hydrogen) atoms. The maximum atomic E-state index is 13.3. The van der Waals surface area contributed by atoms with Gasteiger partial charge in [0.05, 0.1) is 12.0 Å². The summed E-state index contributed by atoms with van der Waals surface area (Å²) < 4.78 is 39.4. The lowest BCUT2D eigenvalue weighted by molar-refractivity contribution is 0.374. The number of fused-ring (bicyclic) bond motifs is 1. The molecule has 0 bridgehead atoms. The van der Waals surface area contributed by atoms with E-state index in [1.807, 2.05) is 0 Å². The number of allylic oxidation sites excluding steroid dienone is 1. The number of hydrogen-bond donors (Lipinski definition) is 0. The number of pyridine rings is 1.